The van der Waals surface area contributed by atoms with Gasteiger partial charge in [-0.2, -0.15) is 0 Å². The van der Waals surface area contributed by atoms with E-state index in [1.807, 2.05) is 0 Å². The zero-order valence-electron chi connectivity index (χ0n) is 11.4. The van der Waals surface area contributed by atoms with Crippen LogP contribution >= 0.6 is 0 Å². The van der Waals surface area contributed by atoms with Crippen molar-refractivity contribution in [3.8, 4) is 11.5 Å². The van der Waals surface area contributed by atoms with Gasteiger partial charge >= 0.3 is 0 Å². The van der Waals surface area contributed by atoms with Crippen molar-refractivity contribution in [1.29, 1.82) is 0 Å². The Morgan fingerprint density at radius 2 is 1.25 bits per heavy atom. The molecule has 0 unspecified atom stereocenters. The molecule has 0 heterocycles. The molecule has 0 N–H and O–H groups in total. The third kappa shape index (κ3) is 3.26. The molecule has 0 saturated heterocycles. The lowest BCUT2D eigenvalue weighted by Crippen LogP contribution is -2.16. The fourth-order valence-corrected chi connectivity index (χ4v) is 1.94. The molecule has 0 aromatic heterocycles. The maximum atomic E-state index is 14.2. The highest BCUT2D eigenvalue weighted by Crippen LogP contribution is 2.33. The van der Waals surface area contributed by atoms with E-state index >= 15 is 0 Å². The maximum Gasteiger partial charge on any atom is 0.277 e. The summed E-state index contributed by atoms with van der Waals surface area (Å²) >= 11 is 0. The van der Waals surface area contributed by atoms with Crippen LogP contribution in [0.4, 0.5) is 8.78 Å². The lowest BCUT2D eigenvalue weighted by atomic mass is 10.0. The minimum Gasteiger partial charge on any atom is -0.497 e. The van der Waals surface area contributed by atoms with Crippen molar-refractivity contribution in [3.05, 3.63) is 59.7 Å². The van der Waals surface area contributed by atoms with Crippen LogP contribution in [0.15, 0.2) is 48.5 Å². The van der Waals surface area contributed by atoms with Gasteiger partial charge in [-0.3, -0.25) is 0 Å². The second kappa shape index (κ2) is 5.90. The fraction of sp³-hybridized carbons (Fsp3) is 0.250. The molecule has 0 fully saturated rings. The molecule has 0 spiro atoms. The molecule has 2 nitrogen and oxygen atoms in total. The number of halogens is 2. The minimum atomic E-state index is -2.92. The van der Waals surface area contributed by atoms with Crippen molar-refractivity contribution < 1.29 is 18.3 Å². The van der Waals surface area contributed by atoms with Crippen molar-refractivity contribution in [1.82, 2.24) is 0 Å². The van der Waals surface area contributed by atoms with E-state index in [-0.39, 0.29) is 12.0 Å². The van der Waals surface area contributed by atoms with Crippen LogP contribution in [-0.2, 0) is 12.3 Å². The molecule has 0 radical (unpaired) electrons. The summed E-state index contributed by atoms with van der Waals surface area (Å²) < 4.78 is 38.4. The predicted molar refractivity (Wildman–Crippen MR) is 73.6 cm³/mol. The highest BCUT2D eigenvalue weighted by atomic mass is 19.3. The Morgan fingerprint density at radius 3 is 1.70 bits per heavy atom. The van der Waals surface area contributed by atoms with Gasteiger partial charge in [0.05, 0.1) is 14.2 Å². The van der Waals surface area contributed by atoms with E-state index in [2.05, 4.69) is 0 Å². The largest absolute Gasteiger partial charge is 0.497 e. The molecular weight excluding hydrogens is 262 g/mol. The van der Waals surface area contributed by atoms with Gasteiger partial charge in [-0.1, -0.05) is 12.1 Å². The van der Waals surface area contributed by atoms with E-state index in [9.17, 15) is 8.78 Å². The molecule has 0 aliphatic rings. The van der Waals surface area contributed by atoms with E-state index in [1.165, 1.54) is 31.4 Å². The van der Waals surface area contributed by atoms with Crippen LogP contribution in [0.25, 0.3) is 0 Å². The standard InChI is InChI=1S/C16H16F2O2/c1-19-14-7-3-12(4-8-14)11-16(17,18)13-5-9-15(20-2)10-6-13/h3-10H,11H2,1-2H3. The molecule has 0 aliphatic carbocycles. The van der Waals surface area contributed by atoms with Crippen LogP contribution in [0.1, 0.15) is 11.1 Å². The summed E-state index contributed by atoms with van der Waals surface area (Å²) in [4.78, 5) is 0. The SMILES string of the molecule is COc1ccc(CC(F)(F)c2ccc(OC)cc2)cc1. The molecule has 2 aromatic carbocycles. The van der Waals surface area contributed by atoms with Gasteiger partial charge < -0.3 is 9.47 Å². The van der Waals surface area contributed by atoms with Gasteiger partial charge in [-0.25, -0.2) is 8.78 Å². The van der Waals surface area contributed by atoms with Crippen molar-refractivity contribution in [2.75, 3.05) is 14.2 Å². The fourth-order valence-electron chi connectivity index (χ4n) is 1.94. The van der Waals surface area contributed by atoms with E-state index in [0.29, 0.717) is 17.1 Å². The first kappa shape index (κ1) is 14.3. The number of hydrogen-bond acceptors (Lipinski definition) is 2. The number of alkyl halides is 2. The molecule has 0 amide bonds. The number of methoxy groups -OCH3 is 2. The molecule has 106 valence electrons. The van der Waals surface area contributed by atoms with E-state index in [0.717, 1.165) is 0 Å². The van der Waals surface area contributed by atoms with Crippen LogP contribution in [0.2, 0.25) is 0 Å². The minimum absolute atomic E-state index is 0.0193. The Labute approximate surface area is 117 Å². The first-order valence-corrected chi connectivity index (χ1v) is 6.20. The smallest absolute Gasteiger partial charge is 0.277 e. The van der Waals surface area contributed by atoms with E-state index in [4.69, 9.17) is 9.47 Å². The van der Waals surface area contributed by atoms with Gasteiger partial charge in [0.1, 0.15) is 11.5 Å². The van der Waals surface area contributed by atoms with Crippen molar-refractivity contribution in [2.24, 2.45) is 0 Å². The molecule has 0 bridgehead atoms. The average Bonchev–Trinajstić information content (AvgIpc) is 2.48. The Balaban J connectivity index is 2.15. The molecule has 2 aromatic rings. The lowest BCUT2D eigenvalue weighted by Gasteiger charge is -2.17. The zero-order chi connectivity index (χ0) is 14.6. The van der Waals surface area contributed by atoms with Gasteiger partial charge in [0.25, 0.3) is 5.92 Å². The summed E-state index contributed by atoms with van der Waals surface area (Å²) in [5.74, 6) is -1.70. The van der Waals surface area contributed by atoms with Gasteiger partial charge in [0.2, 0.25) is 0 Å². The molecule has 0 saturated carbocycles. The number of rotatable bonds is 5. The highest BCUT2D eigenvalue weighted by molar-refractivity contribution is 5.32. The van der Waals surface area contributed by atoms with Gasteiger partial charge in [0, 0.05) is 12.0 Å². The van der Waals surface area contributed by atoms with Crippen LogP contribution in [-0.4, -0.2) is 14.2 Å². The Kier molecular flexibility index (Phi) is 4.23. The third-order valence-electron chi connectivity index (χ3n) is 3.10. The average molecular weight is 278 g/mol. The summed E-state index contributed by atoms with van der Waals surface area (Å²) in [6, 6.07) is 12.5. The molecule has 2 rings (SSSR count). The summed E-state index contributed by atoms with van der Waals surface area (Å²) in [5, 5.41) is 0. The summed E-state index contributed by atoms with van der Waals surface area (Å²) in [6.45, 7) is 0. The highest BCUT2D eigenvalue weighted by Gasteiger charge is 2.31. The topological polar surface area (TPSA) is 18.5 Å². The Bertz CT molecular complexity index is 548. The number of hydrogen-bond donors (Lipinski definition) is 0. The number of benzene rings is 2. The van der Waals surface area contributed by atoms with Crippen molar-refractivity contribution >= 4 is 0 Å². The van der Waals surface area contributed by atoms with Crippen LogP contribution in [0, 0.1) is 0 Å². The van der Waals surface area contributed by atoms with Gasteiger partial charge in [0.15, 0.2) is 0 Å². The summed E-state index contributed by atoms with van der Waals surface area (Å²) in [7, 11) is 3.05. The van der Waals surface area contributed by atoms with Gasteiger partial charge in [-0.05, 0) is 42.0 Å². The molecule has 0 aliphatic heterocycles. The first-order valence-electron chi connectivity index (χ1n) is 6.20. The second-order valence-electron chi connectivity index (χ2n) is 4.46. The van der Waals surface area contributed by atoms with Gasteiger partial charge in [-0.15, -0.1) is 0 Å². The molecule has 20 heavy (non-hydrogen) atoms. The maximum absolute atomic E-state index is 14.2. The quantitative estimate of drug-likeness (QED) is 0.821. The van der Waals surface area contributed by atoms with Crippen LogP contribution in [0.5, 0.6) is 11.5 Å². The number of ether oxygens (including phenoxy) is 2. The first-order chi connectivity index (χ1) is 9.55. The molecule has 4 heteroatoms. The Hall–Kier alpha value is -2.10. The van der Waals surface area contributed by atoms with Crippen LogP contribution in [0.3, 0.4) is 0 Å². The third-order valence-corrected chi connectivity index (χ3v) is 3.10. The molecular formula is C16H16F2O2. The predicted octanol–water partition coefficient (Wildman–Crippen LogP) is 4.04. The normalized spacial score (nSPS) is 11.2. The van der Waals surface area contributed by atoms with Crippen molar-refractivity contribution in [2.45, 2.75) is 12.3 Å². The van der Waals surface area contributed by atoms with Crippen molar-refractivity contribution in [3.63, 3.8) is 0 Å². The Morgan fingerprint density at radius 1 is 0.800 bits per heavy atom. The van der Waals surface area contributed by atoms with E-state index < -0.39 is 5.92 Å². The lowest BCUT2D eigenvalue weighted by molar-refractivity contribution is -0.00386. The molecule has 0 atom stereocenters. The monoisotopic (exact) mass is 278 g/mol. The second-order valence-corrected chi connectivity index (χ2v) is 4.46. The summed E-state index contributed by atoms with van der Waals surface area (Å²) in [6.07, 6.45) is -0.344. The van der Waals surface area contributed by atoms with Crippen LogP contribution < -0.4 is 9.47 Å². The zero-order valence-corrected chi connectivity index (χ0v) is 11.4. The summed E-state index contributed by atoms with van der Waals surface area (Å²) in [5.41, 5.74) is 0.542. The van der Waals surface area contributed by atoms with E-state index in [1.54, 1.807) is 31.4 Å².